The number of halogens is 1. The molecular weight excluding hydrogens is 210 g/mol. The van der Waals surface area contributed by atoms with Crippen LogP contribution in [0.2, 0.25) is 5.02 Å². The van der Waals surface area contributed by atoms with Crippen molar-refractivity contribution in [3.05, 3.63) is 34.9 Å². The number of carbonyl (C=O) groups excluding carboxylic acids is 1. The maximum absolute atomic E-state index is 11.9. The Hall–Kier alpha value is -1.33. The normalized spacial score (nSPS) is 16.8. The summed E-state index contributed by atoms with van der Waals surface area (Å²) in [5.41, 5.74) is 0.581. The van der Waals surface area contributed by atoms with Gasteiger partial charge in [0.15, 0.2) is 5.78 Å². The van der Waals surface area contributed by atoms with Gasteiger partial charge >= 0.3 is 0 Å². The van der Waals surface area contributed by atoms with Gasteiger partial charge in [0, 0.05) is 10.6 Å². The Kier molecular flexibility index (Phi) is 2.75. The highest BCUT2D eigenvalue weighted by Crippen LogP contribution is 2.38. The van der Waals surface area contributed by atoms with Crippen molar-refractivity contribution < 1.29 is 4.79 Å². The topological polar surface area (TPSA) is 40.9 Å². The Bertz CT molecular complexity index is 414. The van der Waals surface area contributed by atoms with E-state index in [4.69, 9.17) is 16.9 Å². The monoisotopic (exact) mass is 219 g/mol. The second-order valence-corrected chi connectivity index (χ2v) is 4.25. The minimum Gasteiger partial charge on any atom is -0.293 e. The molecule has 1 aliphatic rings. The first kappa shape index (κ1) is 10.2. The number of hydrogen-bond donors (Lipinski definition) is 0. The number of Topliss-reactive ketones (excluding diaryl/α,β-unsaturated/α-hetero) is 1. The number of hydrogen-bond acceptors (Lipinski definition) is 2. The summed E-state index contributed by atoms with van der Waals surface area (Å²) in [6.07, 6.45) is 2.00. The van der Waals surface area contributed by atoms with Gasteiger partial charge in [0.1, 0.15) is 5.92 Å². The second-order valence-electron chi connectivity index (χ2n) is 3.82. The summed E-state index contributed by atoms with van der Waals surface area (Å²) in [7, 11) is 0. The van der Waals surface area contributed by atoms with Gasteiger partial charge in [-0.15, -0.1) is 0 Å². The van der Waals surface area contributed by atoms with Crippen molar-refractivity contribution in [3.63, 3.8) is 0 Å². The van der Waals surface area contributed by atoms with E-state index in [-0.39, 0.29) is 11.7 Å². The van der Waals surface area contributed by atoms with Crippen molar-refractivity contribution in [2.24, 2.45) is 11.8 Å². The van der Waals surface area contributed by atoms with E-state index in [1.165, 1.54) is 0 Å². The molecule has 2 nitrogen and oxygen atoms in total. The fourth-order valence-corrected chi connectivity index (χ4v) is 1.73. The summed E-state index contributed by atoms with van der Waals surface area (Å²) in [6, 6.07) is 8.80. The molecule has 0 spiro atoms. The second kappa shape index (κ2) is 4.04. The zero-order chi connectivity index (χ0) is 10.8. The summed E-state index contributed by atoms with van der Waals surface area (Å²) in [5.74, 6) is -0.263. The molecule has 76 valence electrons. The van der Waals surface area contributed by atoms with Crippen LogP contribution >= 0.6 is 11.6 Å². The third-order valence-electron chi connectivity index (χ3n) is 2.64. The van der Waals surface area contributed by atoms with Gasteiger partial charge in [0.25, 0.3) is 0 Å². The molecule has 0 saturated heterocycles. The number of benzene rings is 1. The lowest BCUT2D eigenvalue weighted by atomic mass is 9.95. The van der Waals surface area contributed by atoms with E-state index < -0.39 is 5.92 Å². The SMILES string of the molecule is N#CC(C(=O)c1ccc(Cl)cc1)C1CC1. The van der Waals surface area contributed by atoms with E-state index >= 15 is 0 Å². The fraction of sp³-hybridized carbons (Fsp3) is 0.333. The van der Waals surface area contributed by atoms with Crippen LogP contribution in [0.3, 0.4) is 0 Å². The van der Waals surface area contributed by atoms with Crippen LogP contribution in [0.5, 0.6) is 0 Å². The van der Waals surface area contributed by atoms with Crippen LogP contribution < -0.4 is 0 Å². The van der Waals surface area contributed by atoms with Gasteiger partial charge in [0.05, 0.1) is 6.07 Å². The number of ketones is 1. The maximum Gasteiger partial charge on any atom is 0.180 e. The molecule has 1 unspecified atom stereocenters. The molecule has 0 N–H and O–H groups in total. The van der Waals surface area contributed by atoms with E-state index in [1.807, 2.05) is 0 Å². The highest BCUT2D eigenvalue weighted by molar-refractivity contribution is 6.30. The van der Waals surface area contributed by atoms with Gasteiger partial charge in [-0.05, 0) is 43.0 Å². The average molecular weight is 220 g/mol. The van der Waals surface area contributed by atoms with E-state index in [9.17, 15) is 4.79 Å². The Balaban J connectivity index is 2.19. The predicted octanol–water partition coefficient (Wildman–Crippen LogP) is 3.07. The fourth-order valence-electron chi connectivity index (χ4n) is 1.60. The molecular formula is C12H10ClNO. The number of rotatable bonds is 3. The molecule has 0 heterocycles. The van der Waals surface area contributed by atoms with Gasteiger partial charge in [-0.25, -0.2) is 0 Å². The van der Waals surface area contributed by atoms with Crippen LogP contribution in [0, 0.1) is 23.2 Å². The lowest BCUT2D eigenvalue weighted by molar-refractivity contribution is 0.0937. The maximum atomic E-state index is 11.9. The molecule has 1 aliphatic carbocycles. The molecule has 2 rings (SSSR count). The number of nitriles is 1. The van der Waals surface area contributed by atoms with Gasteiger partial charge in [-0.1, -0.05) is 11.6 Å². The van der Waals surface area contributed by atoms with E-state index in [0.717, 1.165) is 12.8 Å². The van der Waals surface area contributed by atoms with Crippen molar-refractivity contribution in [1.82, 2.24) is 0 Å². The summed E-state index contributed by atoms with van der Waals surface area (Å²) in [6.45, 7) is 0. The minimum atomic E-state index is -0.467. The molecule has 0 aliphatic heterocycles. The zero-order valence-corrected chi connectivity index (χ0v) is 8.87. The van der Waals surface area contributed by atoms with Crippen LogP contribution in [0.25, 0.3) is 0 Å². The quantitative estimate of drug-likeness (QED) is 0.733. The smallest absolute Gasteiger partial charge is 0.180 e. The predicted molar refractivity (Wildman–Crippen MR) is 57.6 cm³/mol. The van der Waals surface area contributed by atoms with Gasteiger partial charge in [0.2, 0.25) is 0 Å². The molecule has 1 fully saturated rings. The molecule has 0 amide bonds. The summed E-state index contributed by atoms with van der Waals surface area (Å²) in [5, 5.41) is 9.53. The van der Waals surface area contributed by atoms with E-state index in [2.05, 4.69) is 6.07 Å². The summed E-state index contributed by atoms with van der Waals surface area (Å²) in [4.78, 5) is 11.9. The van der Waals surface area contributed by atoms with E-state index in [1.54, 1.807) is 24.3 Å². The zero-order valence-electron chi connectivity index (χ0n) is 8.11. The molecule has 1 atom stereocenters. The van der Waals surface area contributed by atoms with Crippen LogP contribution in [-0.2, 0) is 0 Å². The van der Waals surface area contributed by atoms with Crippen molar-refractivity contribution in [3.8, 4) is 6.07 Å². The third-order valence-corrected chi connectivity index (χ3v) is 2.90. The van der Waals surface area contributed by atoms with Crippen LogP contribution in [0.15, 0.2) is 24.3 Å². The summed E-state index contributed by atoms with van der Waals surface area (Å²) < 4.78 is 0. The molecule has 1 aromatic carbocycles. The molecule has 0 radical (unpaired) electrons. The lowest BCUT2D eigenvalue weighted by Gasteiger charge is -2.05. The first-order valence-electron chi connectivity index (χ1n) is 4.92. The first-order valence-corrected chi connectivity index (χ1v) is 5.29. The molecule has 0 bridgehead atoms. The molecule has 1 saturated carbocycles. The van der Waals surface area contributed by atoms with Crippen molar-refractivity contribution >= 4 is 17.4 Å². The largest absolute Gasteiger partial charge is 0.293 e. The Morgan fingerprint density at radius 1 is 1.40 bits per heavy atom. The molecule has 0 aromatic heterocycles. The van der Waals surface area contributed by atoms with Crippen molar-refractivity contribution in [2.45, 2.75) is 12.8 Å². The Labute approximate surface area is 93.5 Å². The van der Waals surface area contributed by atoms with Crippen LogP contribution in [0.1, 0.15) is 23.2 Å². The van der Waals surface area contributed by atoms with Gasteiger partial charge < -0.3 is 0 Å². The van der Waals surface area contributed by atoms with E-state index in [0.29, 0.717) is 10.6 Å². The first-order chi connectivity index (χ1) is 7.22. The van der Waals surface area contributed by atoms with Crippen molar-refractivity contribution in [1.29, 1.82) is 5.26 Å². The lowest BCUT2D eigenvalue weighted by Crippen LogP contribution is -2.14. The molecule has 3 heteroatoms. The standard InChI is InChI=1S/C12H10ClNO/c13-10-5-3-9(4-6-10)12(15)11(7-14)8-1-2-8/h3-6,8,11H,1-2H2. The minimum absolute atomic E-state index is 0.0725. The third kappa shape index (κ3) is 2.19. The Morgan fingerprint density at radius 2 is 2.00 bits per heavy atom. The molecule has 1 aromatic rings. The Morgan fingerprint density at radius 3 is 2.47 bits per heavy atom. The van der Waals surface area contributed by atoms with Crippen LogP contribution in [0.4, 0.5) is 0 Å². The highest BCUT2D eigenvalue weighted by atomic mass is 35.5. The van der Waals surface area contributed by atoms with Gasteiger partial charge in [-0.3, -0.25) is 4.79 Å². The average Bonchev–Trinajstić information content (AvgIpc) is 3.04. The summed E-state index contributed by atoms with van der Waals surface area (Å²) >= 11 is 5.73. The number of carbonyl (C=O) groups is 1. The number of nitrogens with zero attached hydrogens (tertiary/aromatic N) is 1. The molecule has 15 heavy (non-hydrogen) atoms. The van der Waals surface area contributed by atoms with Crippen LogP contribution in [-0.4, -0.2) is 5.78 Å². The highest BCUT2D eigenvalue weighted by Gasteiger charge is 2.36. The van der Waals surface area contributed by atoms with Gasteiger partial charge in [-0.2, -0.15) is 5.26 Å². The van der Waals surface area contributed by atoms with Crippen molar-refractivity contribution in [2.75, 3.05) is 0 Å².